The topological polar surface area (TPSA) is 90.3 Å². The molecule has 0 bridgehead atoms. The van der Waals surface area contributed by atoms with Crippen LogP contribution in [0.4, 0.5) is 0 Å². The Kier molecular flexibility index (Phi) is 4.70. The Morgan fingerprint density at radius 1 is 1.00 bits per heavy atom. The van der Waals surface area contributed by atoms with E-state index in [2.05, 4.69) is 4.99 Å². The standard InChI is InChI=1S/C24H23N3O4/c28-21-19(15-18-3-1-2-4-20(18)25-21)16-5-7-17(8-6-16)22(29)26-11-13-27(14-12-26)23(30)24(31)9-10-24/h1-8,15,18,31H,9-14H2. The van der Waals surface area contributed by atoms with Gasteiger partial charge in [-0.25, -0.2) is 4.99 Å². The molecule has 1 aromatic rings. The van der Waals surface area contributed by atoms with Crippen LogP contribution < -0.4 is 0 Å². The lowest BCUT2D eigenvalue weighted by molar-refractivity contribution is -0.143. The molecular weight excluding hydrogens is 394 g/mol. The molecule has 0 spiro atoms. The fraction of sp³-hybridized carbons (Fsp3) is 0.333. The number of carbonyl (C=O) groups excluding carboxylic acids is 3. The Labute approximate surface area is 180 Å². The first-order chi connectivity index (χ1) is 14.9. The average molecular weight is 417 g/mol. The summed E-state index contributed by atoms with van der Waals surface area (Å²) in [4.78, 5) is 45.1. The van der Waals surface area contributed by atoms with Crippen molar-refractivity contribution < 1.29 is 19.5 Å². The maximum absolute atomic E-state index is 12.9. The van der Waals surface area contributed by atoms with Gasteiger partial charge in [0.05, 0.1) is 5.71 Å². The van der Waals surface area contributed by atoms with Crippen molar-refractivity contribution in [1.29, 1.82) is 0 Å². The number of fused-ring (bicyclic) bond motifs is 1. The summed E-state index contributed by atoms with van der Waals surface area (Å²) in [6.07, 6.45) is 10.6. The highest BCUT2D eigenvalue weighted by Crippen LogP contribution is 2.37. The molecule has 7 nitrogen and oxygen atoms in total. The minimum absolute atomic E-state index is 0.00767. The van der Waals surface area contributed by atoms with Gasteiger partial charge in [0.25, 0.3) is 17.7 Å². The van der Waals surface area contributed by atoms with Crippen LogP contribution in [0.5, 0.6) is 0 Å². The number of aliphatic hydroxyl groups is 1. The normalized spacial score (nSPS) is 23.8. The number of nitrogens with zero attached hydrogens (tertiary/aromatic N) is 3. The van der Waals surface area contributed by atoms with Gasteiger partial charge in [0.1, 0.15) is 5.60 Å². The van der Waals surface area contributed by atoms with E-state index in [-0.39, 0.29) is 23.6 Å². The van der Waals surface area contributed by atoms with Gasteiger partial charge in [0.2, 0.25) is 0 Å². The summed E-state index contributed by atoms with van der Waals surface area (Å²) in [5, 5.41) is 10.0. The first-order valence-corrected chi connectivity index (χ1v) is 10.6. The molecule has 1 aromatic carbocycles. The molecule has 2 heterocycles. The third-order valence-electron chi connectivity index (χ3n) is 6.26. The smallest absolute Gasteiger partial charge is 0.277 e. The fourth-order valence-corrected chi connectivity index (χ4v) is 4.16. The molecule has 7 heteroatoms. The molecule has 1 saturated heterocycles. The van der Waals surface area contributed by atoms with Crippen LogP contribution >= 0.6 is 0 Å². The second-order valence-electron chi connectivity index (χ2n) is 8.39. The number of hydrogen-bond donors (Lipinski definition) is 1. The predicted octanol–water partition coefficient (Wildman–Crippen LogP) is 1.60. The van der Waals surface area contributed by atoms with Crippen LogP contribution in [0.2, 0.25) is 0 Å². The van der Waals surface area contributed by atoms with Crippen LogP contribution in [0.1, 0.15) is 28.8 Å². The summed E-state index contributed by atoms with van der Waals surface area (Å²) in [6, 6.07) is 7.02. The van der Waals surface area contributed by atoms with Gasteiger partial charge in [-0.05, 0) is 36.6 Å². The van der Waals surface area contributed by atoms with Crippen molar-refractivity contribution in [2.24, 2.45) is 10.9 Å². The van der Waals surface area contributed by atoms with Crippen LogP contribution in [0.15, 0.2) is 59.6 Å². The molecule has 158 valence electrons. The Balaban J connectivity index is 1.24. The summed E-state index contributed by atoms with van der Waals surface area (Å²) in [5.74, 6) is -0.605. The maximum atomic E-state index is 12.9. The van der Waals surface area contributed by atoms with Crippen LogP contribution in [-0.4, -0.2) is 70.1 Å². The number of carbonyl (C=O) groups is 3. The monoisotopic (exact) mass is 417 g/mol. The van der Waals surface area contributed by atoms with Crippen molar-refractivity contribution in [2.45, 2.75) is 18.4 Å². The minimum atomic E-state index is -1.16. The second-order valence-corrected chi connectivity index (χ2v) is 8.39. The van der Waals surface area contributed by atoms with Crippen molar-refractivity contribution in [3.8, 4) is 0 Å². The summed E-state index contributed by atoms with van der Waals surface area (Å²) in [5.41, 5.74) is 1.40. The van der Waals surface area contributed by atoms with Crippen molar-refractivity contribution in [2.75, 3.05) is 26.2 Å². The highest BCUT2D eigenvalue weighted by atomic mass is 16.3. The number of rotatable bonds is 3. The highest BCUT2D eigenvalue weighted by molar-refractivity contribution is 6.27. The third-order valence-corrected chi connectivity index (χ3v) is 6.26. The SMILES string of the molecule is O=C1N=C2C=CC=CC2C=C1c1ccc(C(=O)N2CCN(C(=O)C3(O)CC3)CC2)cc1. The van der Waals surface area contributed by atoms with E-state index in [9.17, 15) is 19.5 Å². The Bertz CT molecular complexity index is 1070. The molecule has 1 saturated carbocycles. The van der Waals surface area contributed by atoms with Crippen molar-refractivity contribution >= 4 is 29.0 Å². The molecule has 2 aliphatic heterocycles. The molecule has 3 amide bonds. The van der Waals surface area contributed by atoms with Gasteiger partial charge in [-0.2, -0.15) is 0 Å². The van der Waals surface area contributed by atoms with Crippen LogP contribution in [0.3, 0.4) is 0 Å². The van der Waals surface area contributed by atoms with E-state index in [1.165, 1.54) is 0 Å². The molecule has 4 aliphatic rings. The van der Waals surface area contributed by atoms with E-state index >= 15 is 0 Å². The number of dihydropyridines is 1. The van der Waals surface area contributed by atoms with E-state index in [1.807, 2.05) is 30.4 Å². The lowest BCUT2D eigenvalue weighted by Gasteiger charge is -2.35. The number of amides is 3. The molecule has 1 N–H and O–H groups in total. The van der Waals surface area contributed by atoms with Gasteiger partial charge in [-0.1, -0.05) is 36.4 Å². The fourth-order valence-electron chi connectivity index (χ4n) is 4.16. The van der Waals surface area contributed by atoms with E-state index in [0.717, 1.165) is 11.3 Å². The second kappa shape index (κ2) is 7.42. The molecular formula is C24H23N3O4. The summed E-state index contributed by atoms with van der Waals surface area (Å²) in [7, 11) is 0. The minimum Gasteiger partial charge on any atom is -0.380 e. The van der Waals surface area contributed by atoms with E-state index < -0.39 is 5.60 Å². The van der Waals surface area contributed by atoms with E-state index in [4.69, 9.17) is 0 Å². The zero-order chi connectivity index (χ0) is 21.6. The molecule has 0 aromatic heterocycles. The summed E-state index contributed by atoms with van der Waals surface area (Å²) in [6.45, 7) is 1.72. The summed E-state index contributed by atoms with van der Waals surface area (Å²) < 4.78 is 0. The van der Waals surface area contributed by atoms with Gasteiger partial charge in [-0.3, -0.25) is 14.4 Å². The average Bonchev–Trinajstić information content (AvgIpc) is 3.56. The van der Waals surface area contributed by atoms with Gasteiger partial charge in [-0.15, -0.1) is 0 Å². The quantitative estimate of drug-likeness (QED) is 0.809. The number of hydrogen-bond acceptors (Lipinski definition) is 4. The Morgan fingerprint density at radius 2 is 1.68 bits per heavy atom. The van der Waals surface area contributed by atoms with Crippen molar-refractivity contribution in [3.63, 3.8) is 0 Å². The van der Waals surface area contributed by atoms with Gasteiger partial charge in [0, 0.05) is 43.2 Å². The number of aliphatic imine (C=N–C) groups is 1. The molecule has 5 rings (SSSR count). The molecule has 2 fully saturated rings. The molecule has 1 atom stereocenters. The lowest BCUT2D eigenvalue weighted by atomic mass is 9.90. The Morgan fingerprint density at radius 3 is 2.35 bits per heavy atom. The van der Waals surface area contributed by atoms with E-state index in [1.54, 1.807) is 34.1 Å². The summed E-state index contributed by atoms with van der Waals surface area (Å²) >= 11 is 0. The predicted molar refractivity (Wildman–Crippen MR) is 115 cm³/mol. The first-order valence-electron chi connectivity index (χ1n) is 10.6. The van der Waals surface area contributed by atoms with E-state index in [0.29, 0.717) is 50.2 Å². The van der Waals surface area contributed by atoms with Crippen LogP contribution in [0.25, 0.3) is 5.57 Å². The zero-order valence-corrected chi connectivity index (χ0v) is 17.0. The first kappa shape index (κ1) is 19.6. The lowest BCUT2D eigenvalue weighted by Crippen LogP contribution is -2.53. The number of benzene rings is 1. The van der Waals surface area contributed by atoms with Gasteiger partial charge < -0.3 is 14.9 Å². The maximum Gasteiger partial charge on any atom is 0.277 e. The molecule has 2 aliphatic carbocycles. The van der Waals surface area contributed by atoms with Crippen molar-refractivity contribution in [3.05, 3.63) is 65.8 Å². The van der Waals surface area contributed by atoms with Crippen LogP contribution in [-0.2, 0) is 9.59 Å². The van der Waals surface area contributed by atoms with Crippen molar-refractivity contribution in [1.82, 2.24) is 9.80 Å². The molecule has 1 unspecified atom stereocenters. The van der Waals surface area contributed by atoms with Crippen LogP contribution in [0, 0.1) is 5.92 Å². The highest BCUT2D eigenvalue weighted by Gasteiger charge is 2.50. The Hall–Kier alpha value is -3.32. The number of allylic oxidation sites excluding steroid dienone is 5. The number of piperazine rings is 1. The largest absolute Gasteiger partial charge is 0.380 e. The molecule has 31 heavy (non-hydrogen) atoms. The molecule has 0 radical (unpaired) electrons. The van der Waals surface area contributed by atoms with Gasteiger partial charge >= 0.3 is 0 Å². The zero-order valence-electron chi connectivity index (χ0n) is 17.0. The van der Waals surface area contributed by atoms with Gasteiger partial charge in [0.15, 0.2) is 0 Å². The third kappa shape index (κ3) is 3.65.